The number of sulfonamides is 1. The van der Waals surface area contributed by atoms with Gasteiger partial charge in [-0.3, -0.25) is 4.21 Å². The fraction of sp³-hybridized carbons (Fsp3) is 0.500. The third kappa shape index (κ3) is 4.53. The molecule has 0 saturated heterocycles. The second-order valence-corrected chi connectivity index (χ2v) is 7.53. The molecule has 2 atom stereocenters. The molecule has 1 aromatic rings. The van der Waals surface area contributed by atoms with Gasteiger partial charge in [0.15, 0.2) is 5.82 Å². The lowest BCUT2D eigenvalue weighted by molar-refractivity contribution is 0.578. The van der Waals surface area contributed by atoms with Gasteiger partial charge in [0.1, 0.15) is 4.90 Å². The van der Waals surface area contributed by atoms with E-state index in [4.69, 9.17) is 5.84 Å². The lowest BCUT2D eigenvalue weighted by Crippen LogP contribution is -2.29. The van der Waals surface area contributed by atoms with E-state index in [1.54, 1.807) is 13.2 Å². The van der Waals surface area contributed by atoms with Crippen LogP contribution in [0.3, 0.4) is 0 Å². The Hall–Kier alpha value is -1.03. The number of rotatable bonds is 7. The zero-order valence-electron chi connectivity index (χ0n) is 10.8. The van der Waals surface area contributed by atoms with E-state index in [9.17, 15) is 12.6 Å². The Balaban J connectivity index is 2.74. The van der Waals surface area contributed by atoms with Gasteiger partial charge < -0.3 is 5.43 Å². The van der Waals surface area contributed by atoms with Crippen LogP contribution in [0.2, 0.25) is 0 Å². The topological polar surface area (TPSA) is 114 Å². The Morgan fingerprint density at radius 2 is 2.21 bits per heavy atom. The minimum atomic E-state index is -3.68. The number of aromatic nitrogens is 1. The van der Waals surface area contributed by atoms with Gasteiger partial charge in [0.25, 0.3) is 0 Å². The number of hydrogen-bond donors (Lipinski definition) is 3. The number of pyridine rings is 1. The maximum Gasteiger partial charge on any atom is 0.244 e. The second kappa shape index (κ2) is 6.94. The summed E-state index contributed by atoms with van der Waals surface area (Å²) < 4.78 is 37.7. The van der Waals surface area contributed by atoms with Gasteiger partial charge in [-0.2, -0.15) is 0 Å². The fourth-order valence-electron chi connectivity index (χ4n) is 1.36. The molecule has 0 aliphatic rings. The van der Waals surface area contributed by atoms with Crippen molar-refractivity contribution < 1.29 is 12.6 Å². The molecule has 0 saturated carbocycles. The fourth-order valence-corrected chi connectivity index (χ4v) is 2.97. The maximum atomic E-state index is 12.0. The van der Waals surface area contributed by atoms with E-state index in [1.165, 1.54) is 18.3 Å². The highest BCUT2D eigenvalue weighted by Crippen LogP contribution is 2.16. The van der Waals surface area contributed by atoms with Gasteiger partial charge >= 0.3 is 0 Å². The molecule has 0 spiro atoms. The predicted molar refractivity (Wildman–Crippen MR) is 75.4 cm³/mol. The average Bonchev–Trinajstić information content (AvgIpc) is 2.38. The van der Waals surface area contributed by atoms with Crippen LogP contribution in [0.15, 0.2) is 23.2 Å². The van der Waals surface area contributed by atoms with Crippen molar-refractivity contribution in [1.82, 2.24) is 9.71 Å². The number of nitrogen functional groups attached to an aromatic ring is 1. The first-order valence-electron chi connectivity index (χ1n) is 5.62. The molecule has 1 heterocycles. The summed E-state index contributed by atoms with van der Waals surface area (Å²) in [5.41, 5.74) is 2.24. The standard InChI is InChI=1S/C10H18N4O3S2/c1-8(18(2)15)5-7-13-19(16,17)9-4-3-6-12-10(9)14-11/h3-4,6,8,13H,5,7,11H2,1-2H3,(H,12,14). The molecule has 0 aliphatic heterocycles. The SMILES string of the molecule is CC(CCNS(=O)(=O)c1cccnc1NN)S(C)=O. The van der Waals surface area contributed by atoms with Crippen molar-refractivity contribution in [2.45, 2.75) is 23.5 Å². The molecular formula is C10H18N4O3S2. The van der Waals surface area contributed by atoms with E-state index < -0.39 is 20.8 Å². The second-order valence-electron chi connectivity index (χ2n) is 3.99. The van der Waals surface area contributed by atoms with Crippen molar-refractivity contribution in [2.24, 2.45) is 5.84 Å². The summed E-state index contributed by atoms with van der Waals surface area (Å²) in [4.78, 5) is 3.82. The van der Waals surface area contributed by atoms with Crippen molar-refractivity contribution in [3.8, 4) is 0 Å². The van der Waals surface area contributed by atoms with Gasteiger partial charge in [0, 0.05) is 35.0 Å². The van der Waals surface area contributed by atoms with Crippen LogP contribution in [0.25, 0.3) is 0 Å². The molecule has 0 aliphatic carbocycles. The molecule has 1 rings (SSSR count). The summed E-state index contributed by atoms with van der Waals surface area (Å²) in [6.07, 6.45) is 3.53. The molecule has 19 heavy (non-hydrogen) atoms. The third-order valence-corrected chi connectivity index (χ3v) is 5.47. The van der Waals surface area contributed by atoms with Crippen LogP contribution in [-0.2, 0) is 20.8 Å². The Kier molecular flexibility index (Phi) is 5.85. The summed E-state index contributed by atoms with van der Waals surface area (Å²) in [6.45, 7) is 2.02. The van der Waals surface area contributed by atoms with Crippen molar-refractivity contribution in [3.05, 3.63) is 18.3 Å². The summed E-state index contributed by atoms with van der Waals surface area (Å²) in [5.74, 6) is 5.30. The van der Waals surface area contributed by atoms with E-state index in [-0.39, 0.29) is 22.5 Å². The van der Waals surface area contributed by atoms with Crippen LogP contribution in [0.5, 0.6) is 0 Å². The Labute approximate surface area is 115 Å². The zero-order chi connectivity index (χ0) is 14.5. The number of nitrogens with two attached hydrogens (primary N) is 1. The van der Waals surface area contributed by atoms with Gasteiger partial charge in [0.05, 0.1) is 0 Å². The van der Waals surface area contributed by atoms with Gasteiger partial charge in [-0.05, 0) is 18.6 Å². The van der Waals surface area contributed by atoms with Crippen LogP contribution in [-0.4, -0.2) is 35.7 Å². The highest BCUT2D eigenvalue weighted by atomic mass is 32.2. The van der Waals surface area contributed by atoms with Crippen molar-refractivity contribution in [1.29, 1.82) is 0 Å². The predicted octanol–water partition coefficient (Wildman–Crippen LogP) is -0.197. The summed E-state index contributed by atoms with van der Waals surface area (Å²) in [6, 6.07) is 2.92. The molecular weight excluding hydrogens is 288 g/mol. The number of nitrogens with zero attached hydrogens (tertiary/aromatic N) is 1. The number of hydrogen-bond acceptors (Lipinski definition) is 6. The molecule has 9 heteroatoms. The third-order valence-electron chi connectivity index (χ3n) is 2.61. The Morgan fingerprint density at radius 3 is 2.79 bits per heavy atom. The molecule has 0 fully saturated rings. The number of nitrogens with one attached hydrogen (secondary N) is 2. The molecule has 0 radical (unpaired) electrons. The largest absolute Gasteiger partial charge is 0.307 e. The van der Waals surface area contributed by atoms with E-state index >= 15 is 0 Å². The minimum absolute atomic E-state index is 0.0113. The highest BCUT2D eigenvalue weighted by molar-refractivity contribution is 7.89. The van der Waals surface area contributed by atoms with E-state index in [1.807, 2.05) is 0 Å². The van der Waals surface area contributed by atoms with Crippen LogP contribution < -0.4 is 16.0 Å². The Morgan fingerprint density at radius 1 is 1.53 bits per heavy atom. The Bertz CT molecular complexity index is 547. The zero-order valence-corrected chi connectivity index (χ0v) is 12.4. The molecule has 108 valence electrons. The quantitative estimate of drug-likeness (QED) is 0.475. The molecule has 7 nitrogen and oxygen atoms in total. The summed E-state index contributed by atoms with van der Waals surface area (Å²) in [5, 5.41) is -0.0660. The van der Waals surface area contributed by atoms with E-state index in [0.717, 1.165) is 0 Å². The molecule has 2 unspecified atom stereocenters. The van der Waals surface area contributed by atoms with Crippen molar-refractivity contribution >= 4 is 26.6 Å². The van der Waals surface area contributed by atoms with E-state index in [0.29, 0.717) is 6.42 Å². The molecule has 0 bridgehead atoms. The number of hydrazine groups is 1. The smallest absolute Gasteiger partial charge is 0.244 e. The highest BCUT2D eigenvalue weighted by Gasteiger charge is 2.19. The maximum absolute atomic E-state index is 12.0. The van der Waals surface area contributed by atoms with Crippen LogP contribution in [0, 0.1) is 0 Å². The van der Waals surface area contributed by atoms with Crippen molar-refractivity contribution in [2.75, 3.05) is 18.2 Å². The first-order chi connectivity index (χ1) is 8.88. The minimum Gasteiger partial charge on any atom is -0.307 e. The normalized spacial score (nSPS) is 14.9. The average molecular weight is 306 g/mol. The van der Waals surface area contributed by atoms with Gasteiger partial charge in [0.2, 0.25) is 10.0 Å². The summed E-state index contributed by atoms with van der Waals surface area (Å²) in [7, 11) is -4.65. The lowest BCUT2D eigenvalue weighted by atomic mass is 10.3. The first-order valence-corrected chi connectivity index (χ1v) is 8.72. The van der Waals surface area contributed by atoms with Gasteiger partial charge in [-0.25, -0.2) is 24.0 Å². The van der Waals surface area contributed by atoms with Gasteiger partial charge in [-0.1, -0.05) is 6.92 Å². The van der Waals surface area contributed by atoms with Gasteiger partial charge in [-0.15, -0.1) is 0 Å². The molecule has 0 amide bonds. The first kappa shape index (κ1) is 16.0. The summed E-state index contributed by atoms with van der Waals surface area (Å²) >= 11 is 0. The van der Waals surface area contributed by atoms with E-state index in [2.05, 4.69) is 15.1 Å². The van der Waals surface area contributed by atoms with Crippen LogP contribution >= 0.6 is 0 Å². The molecule has 4 N–H and O–H groups in total. The van der Waals surface area contributed by atoms with Crippen LogP contribution in [0.4, 0.5) is 5.82 Å². The number of anilines is 1. The van der Waals surface area contributed by atoms with Crippen molar-refractivity contribution in [3.63, 3.8) is 0 Å². The van der Waals surface area contributed by atoms with Crippen LogP contribution in [0.1, 0.15) is 13.3 Å². The lowest BCUT2D eigenvalue weighted by Gasteiger charge is -2.11. The molecule has 1 aromatic heterocycles. The molecule has 0 aromatic carbocycles. The monoisotopic (exact) mass is 306 g/mol.